The first kappa shape index (κ1) is 14.9. The summed E-state index contributed by atoms with van der Waals surface area (Å²) in [7, 11) is 0. The summed E-state index contributed by atoms with van der Waals surface area (Å²) >= 11 is 0. The van der Waals surface area contributed by atoms with Crippen LogP contribution in [0.25, 0.3) is 0 Å². The topological polar surface area (TPSA) is 43.1 Å². The van der Waals surface area contributed by atoms with E-state index in [9.17, 15) is 4.79 Å². The minimum atomic E-state index is -0.752. The van der Waals surface area contributed by atoms with E-state index in [-0.39, 0.29) is 11.2 Å². The second-order valence-electron chi connectivity index (χ2n) is 6.32. The number of rotatable bonds is 4. The van der Waals surface area contributed by atoms with Crippen LogP contribution < -0.4 is 5.73 Å². The molecule has 100 valence electrons. The second-order valence-corrected chi connectivity index (χ2v) is 6.32. The minimum absolute atomic E-state index is 0.0322. The van der Waals surface area contributed by atoms with Crippen molar-refractivity contribution in [3.05, 3.63) is 35.4 Å². The van der Waals surface area contributed by atoms with Crippen molar-refractivity contribution in [3.8, 4) is 0 Å². The van der Waals surface area contributed by atoms with Crippen LogP contribution in [0.4, 0.5) is 0 Å². The standard InChI is InChI=1S/C16H25NO/c1-6-11-16(5,17)14(18)12-7-9-13(10-8-12)15(2,3)4/h7-10H,6,11,17H2,1-5H3. The van der Waals surface area contributed by atoms with Gasteiger partial charge in [-0.15, -0.1) is 0 Å². The smallest absolute Gasteiger partial charge is 0.182 e. The molecular weight excluding hydrogens is 222 g/mol. The van der Waals surface area contributed by atoms with Crippen molar-refractivity contribution in [1.82, 2.24) is 0 Å². The predicted octanol–water partition coefficient (Wildman–Crippen LogP) is 3.68. The van der Waals surface area contributed by atoms with Crippen molar-refractivity contribution in [1.29, 1.82) is 0 Å². The van der Waals surface area contributed by atoms with E-state index >= 15 is 0 Å². The fourth-order valence-electron chi connectivity index (χ4n) is 2.08. The highest BCUT2D eigenvalue weighted by Gasteiger charge is 2.28. The van der Waals surface area contributed by atoms with Crippen molar-refractivity contribution in [2.45, 2.75) is 58.4 Å². The average Bonchev–Trinajstić information content (AvgIpc) is 2.27. The number of hydrogen-bond donors (Lipinski definition) is 1. The van der Waals surface area contributed by atoms with E-state index in [1.807, 2.05) is 38.1 Å². The maximum absolute atomic E-state index is 12.3. The Bertz CT molecular complexity index is 410. The number of Topliss-reactive ketones (excluding diaryl/α,β-unsaturated/α-hetero) is 1. The molecule has 18 heavy (non-hydrogen) atoms. The molecule has 0 aliphatic carbocycles. The van der Waals surface area contributed by atoms with Crippen LogP contribution in [0.1, 0.15) is 63.4 Å². The summed E-state index contributed by atoms with van der Waals surface area (Å²) < 4.78 is 0. The van der Waals surface area contributed by atoms with Gasteiger partial charge in [0.15, 0.2) is 5.78 Å². The van der Waals surface area contributed by atoms with Crippen LogP contribution in [0.15, 0.2) is 24.3 Å². The summed E-state index contributed by atoms with van der Waals surface area (Å²) in [6, 6.07) is 7.83. The van der Waals surface area contributed by atoms with Gasteiger partial charge in [-0.2, -0.15) is 0 Å². The average molecular weight is 247 g/mol. The largest absolute Gasteiger partial charge is 0.319 e. The third kappa shape index (κ3) is 3.42. The number of nitrogens with two attached hydrogens (primary N) is 1. The zero-order chi connectivity index (χ0) is 14.0. The van der Waals surface area contributed by atoms with E-state index in [4.69, 9.17) is 5.73 Å². The molecule has 1 aromatic rings. The Morgan fingerprint density at radius 2 is 1.61 bits per heavy atom. The number of benzene rings is 1. The van der Waals surface area contributed by atoms with Crippen LogP contribution in [-0.2, 0) is 5.41 Å². The number of carbonyl (C=O) groups excluding carboxylic acids is 1. The van der Waals surface area contributed by atoms with E-state index in [1.54, 1.807) is 0 Å². The van der Waals surface area contributed by atoms with Crippen LogP contribution in [0.5, 0.6) is 0 Å². The fraction of sp³-hybridized carbons (Fsp3) is 0.562. The van der Waals surface area contributed by atoms with Gasteiger partial charge in [-0.25, -0.2) is 0 Å². The quantitative estimate of drug-likeness (QED) is 0.825. The molecular formula is C16H25NO. The van der Waals surface area contributed by atoms with Crippen LogP contribution in [0, 0.1) is 0 Å². The highest BCUT2D eigenvalue weighted by Crippen LogP contribution is 2.23. The number of carbonyl (C=O) groups is 1. The van der Waals surface area contributed by atoms with Gasteiger partial charge in [0.2, 0.25) is 0 Å². The van der Waals surface area contributed by atoms with Gasteiger partial charge >= 0.3 is 0 Å². The number of ketones is 1. The van der Waals surface area contributed by atoms with E-state index in [1.165, 1.54) is 5.56 Å². The van der Waals surface area contributed by atoms with Gasteiger partial charge in [0.1, 0.15) is 0 Å². The summed E-state index contributed by atoms with van der Waals surface area (Å²) in [6.07, 6.45) is 1.63. The zero-order valence-electron chi connectivity index (χ0n) is 12.2. The molecule has 0 heterocycles. The Labute approximate surface area is 111 Å². The molecule has 2 N–H and O–H groups in total. The van der Waals surface area contributed by atoms with E-state index in [0.717, 1.165) is 6.42 Å². The fourth-order valence-corrected chi connectivity index (χ4v) is 2.08. The molecule has 2 nitrogen and oxygen atoms in total. The Kier molecular flexibility index (Phi) is 4.33. The summed E-state index contributed by atoms with van der Waals surface area (Å²) in [4.78, 5) is 12.3. The Balaban J connectivity index is 2.96. The van der Waals surface area contributed by atoms with Crippen molar-refractivity contribution < 1.29 is 4.79 Å². The summed E-state index contributed by atoms with van der Waals surface area (Å²) in [6.45, 7) is 10.3. The van der Waals surface area contributed by atoms with Crippen LogP contribution in [0.3, 0.4) is 0 Å². The first-order valence-corrected chi connectivity index (χ1v) is 6.62. The number of hydrogen-bond acceptors (Lipinski definition) is 2. The van der Waals surface area contributed by atoms with E-state index in [2.05, 4.69) is 20.8 Å². The first-order valence-electron chi connectivity index (χ1n) is 6.62. The van der Waals surface area contributed by atoms with Crippen molar-refractivity contribution in [2.24, 2.45) is 5.73 Å². The molecule has 2 heteroatoms. The molecule has 0 aliphatic rings. The molecule has 0 saturated carbocycles. The third-order valence-corrected chi connectivity index (χ3v) is 3.30. The highest BCUT2D eigenvalue weighted by molar-refractivity contribution is 6.02. The molecule has 0 bridgehead atoms. The van der Waals surface area contributed by atoms with Crippen LogP contribution in [0.2, 0.25) is 0 Å². The monoisotopic (exact) mass is 247 g/mol. The SMILES string of the molecule is CCCC(C)(N)C(=O)c1ccc(C(C)(C)C)cc1. The maximum Gasteiger partial charge on any atom is 0.182 e. The van der Waals surface area contributed by atoms with Gasteiger partial charge in [-0.3, -0.25) is 4.79 Å². The Morgan fingerprint density at radius 1 is 1.11 bits per heavy atom. The van der Waals surface area contributed by atoms with Crippen LogP contribution in [-0.4, -0.2) is 11.3 Å². The molecule has 0 saturated heterocycles. The normalized spacial score (nSPS) is 15.2. The second kappa shape index (κ2) is 5.23. The molecule has 1 rings (SSSR count). The first-order chi connectivity index (χ1) is 8.18. The molecule has 0 aliphatic heterocycles. The molecule has 1 aromatic carbocycles. The van der Waals surface area contributed by atoms with Crippen molar-refractivity contribution in [3.63, 3.8) is 0 Å². The lowest BCUT2D eigenvalue weighted by Gasteiger charge is -2.23. The lowest BCUT2D eigenvalue weighted by atomic mass is 9.84. The summed E-state index contributed by atoms with van der Waals surface area (Å²) in [5.74, 6) is 0.0322. The van der Waals surface area contributed by atoms with E-state index in [0.29, 0.717) is 12.0 Å². The van der Waals surface area contributed by atoms with Gasteiger partial charge in [0.05, 0.1) is 5.54 Å². The molecule has 1 atom stereocenters. The van der Waals surface area contributed by atoms with Crippen LogP contribution >= 0.6 is 0 Å². The van der Waals surface area contributed by atoms with Gasteiger partial charge < -0.3 is 5.73 Å². The zero-order valence-corrected chi connectivity index (χ0v) is 12.2. The van der Waals surface area contributed by atoms with Gasteiger partial charge in [-0.1, -0.05) is 58.4 Å². The van der Waals surface area contributed by atoms with Gasteiger partial charge in [0, 0.05) is 5.56 Å². The Morgan fingerprint density at radius 3 is 2.00 bits per heavy atom. The van der Waals surface area contributed by atoms with Crippen molar-refractivity contribution >= 4 is 5.78 Å². The third-order valence-electron chi connectivity index (χ3n) is 3.30. The lowest BCUT2D eigenvalue weighted by Crippen LogP contribution is -2.44. The maximum atomic E-state index is 12.3. The molecule has 0 fully saturated rings. The molecule has 0 spiro atoms. The molecule has 0 aromatic heterocycles. The Hall–Kier alpha value is -1.15. The highest BCUT2D eigenvalue weighted by atomic mass is 16.1. The van der Waals surface area contributed by atoms with Gasteiger partial charge in [-0.05, 0) is 24.3 Å². The van der Waals surface area contributed by atoms with Crippen molar-refractivity contribution in [2.75, 3.05) is 0 Å². The lowest BCUT2D eigenvalue weighted by molar-refractivity contribution is 0.0893. The molecule has 1 unspecified atom stereocenters. The van der Waals surface area contributed by atoms with E-state index < -0.39 is 5.54 Å². The van der Waals surface area contributed by atoms with Gasteiger partial charge in [0.25, 0.3) is 0 Å². The molecule has 0 radical (unpaired) electrons. The minimum Gasteiger partial charge on any atom is -0.319 e. The predicted molar refractivity (Wildman–Crippen MR) is 77.0 cm³/mol. The summed E-state index contributed by atoms with van der Waals surface area (Å²) in [5.41, 5.74) is 7.37. The summed E-state index contributed by atoms with van der Waals surface area (Å²) in [5, 5.41) is 0. The molecule has 0 amide bonds.